The molecule has 0 aliphatic rings. The van der Waals surface area contributed by atoms with Gasteiger partial charge in [-0.05, 0) is 43.0 Å². The second-order valence-corrected chi connectivity index (χ2v) is 7.32. The standard InChI is InChI=1S/C19H21ClOS/c1-3-4-10-18(16-8-6-5-7-9-16)19(20)22(21)17-13-11-15(2)12-14-17/h5-9,11-14H,3-4,10H2,1-2H3/b19-18-/t22-/m0/s1. The minimum absolute atomic E-state index is 0.448. The van der Waals surface area contributed by atoms with Gasteiger partial charge in [-0.3, -0.25) is 0 Å². The largest absolute Gasteiger partial charge is 0.248 e. The van der Waals surface area contributed by atoms with E-state index in [1.165, 1.54) is 0 Å². The van der Waals surface area contributed by atoms with Crippen molar-refractivity contribution in [3.05, 3.63) is 70.1 Å². The number of hydrogen-bond donors (Lipinski definition) is 0. The van der Waals surface area contributed by atoms with Crippen LogP contribution in [-0.2, 0) is 10.8 Å². The van der Waals surface area contributed by atoms with Gasteiger partial charge in [-0.25, -0.2) is 4.21 Å². The van der Waals surface area contributed by atoms with Gasteiger partial charge in [0.05, 0.1) is 10.8 Å². The Morgan fingerprint density at radius 3 is 2.27 bits per heavy atom. The van der Waals surface area contributed by atoms with Crippen LogP contribution in [-0.4, -0.2) is 4.21 Å². The van der Waals surface area contributed by atoms with Crippen LogP contribution in [0.2, 0.25) is 0 Å². The van der Waals surface area contributed by atoms with Crippen molar-refractivity contribution in [2.75, 3.05) is 0 Å². The lowest BCUT2D eigenvalue weighted by atomic mass is 10.0. The molecule has 116 valence electrons. The first-order chi connectivity index (χ1) is 10.6. The second-order valence-electron chi connectivity index (χ2n) is 5.30. The van der Waals surface area contributed by atoms with Gasteiger partial charge in [0.25, 0.3) is 0 Å². The summed E-state index contributed by atoms with van der Waals surface area (Å²) < 4.78 is 13.2. The van der Waals surface area contributed by atoms with E-state index in [4.69, 9.17) is 11.6 Å². The maximum absolute atomic E-state index is 12.8. The second kappa shape index (κ2) is 8.30. The normalized spacial score (nSPS) is 13.6. The molecule has 0 N–H and O–H groups in total. The molecule has 0 amide bonds. The third-order valence-corrected chi connectivity index (χ3v) is 5.46. The first-order valence-corrected chi connectivity index (χ1v) is 9.08. The molecular weight excluding hydrogens is 312 g/mol. The molecule has 0 spiro atoms. The third-order valence-electron chi connectivity index (χ3n) is 3.54. The van der Waals surface area contributed by atoms with E-state index in [2.05, 4.69) is 6.92 Å². The molecule has 0 fully saturated rings. The van der Waals surface area contributed by atoms with Gasteiger partial charge in [0.15, 0.2) is 0 Å². The van der Waals surface area contributed by atoms with Gasteiger partial charge in [0.1, 0.15) is 4.36 Å². The van der Waals surface area contributed by atoms with E-state index in [9.17, 15) is 4.21 Å². The summed E-state index contributed by atoms with van der Waals surface area (Å²) in [5.41, 5.74) is 3.19. The number of halogens is 1. The summed E-state index contributed by atoms with van der Waals surface area (Å²) in [4.78, 5) is 0.750. The molecule has 0 saturated heterocycles. The lowest BCUT2D eigenvalue weighted by molar-refractivity contribution is 0.688. The average Bonchev–Trinajstić information content (AvgIpc) is 2.56. The average molecular weight is 333 g/mol. The molecular formula is C19H21ClOS. The molecule has 0 heterocycles. The summed E-state index contributed by atoms with van der Waals surface area (Å²) in [7, 11) is -1.33. The fourth-order valence-corrected chi connectivity index (χ4v) is 3.73. The zero-order valence-electron chi connectivity index (χ0n) is 13.0. The van der Waals surface area contributed by atoms with Crippen LogP contribution in [0.25, 0.3) is 5.57 Å². The van der Waals surface area contributed by atoms with Crippen LogP contribution < -0.4 is 0 Å². The van der Waals surface area contributed by atoms with Crippen molar-refractivity contribution in [3.8, 4) is 0 Å². The monoisotopic (exact) mass is 332 g/mol. The number of allylic oxidation sites excluding steroid dienone is 1. The van der Waals surface area contributed by atoms with Crippen molar-refractivity contribution < 1.29 is 4.21 Å². The Bertz CT molecular complexity index is 660. The minimum Gasteiger partial charge on any atom is -0.248 e. The lowest BCUT2D eigenvalue weighted by Crippen LogP contribution is -1.97. The van der Waals surface area contributed by atoms with Crippen molar-refractivity contribution in [2.45, 2.75) is 38.0 Å². The number of hydrogen-bond acceptors (Lipinski definition) is 1. The van der Waals surface area contributed by atoms with Crippen LogP contribution in [0.3, 0.4) is 0 Å². The SMILES string of the molecule is CCCC/C(=C(\Cl)[S@@](=O)c1ccc(C)cc1)c1ccccc1. The molecule has 2 aromatic carbocycles. The first-order valence-electron chi connectivity index (χ1n) is 7.56. The van der Waals surface area contributed by atoms with Crippen LogP contribution in [0.5, 0.6) is 0 Å². The van der Waals surface area contributed by atoms with Crippen LogP contribution in [0.15, 0.2) is 63.9 Å². The number of aryl methyl sites for hydroxylation is 1. The van der Waals surface area contributed by atoms with E-state index >= 15 is 0 Å². The maximum atomic E-state index is 12.8. The van der Waals surface area contributed by atoms with Gasteiger partial charge in [0, 0.05) is 4.90 Å². The van der Waals surface area contributed by atoms with Gasteiger partial charge in [-0.2, -0.15) is 0 Å². The van der Waals surface area contributed by atoms with Crippen LogP contribution in [0, 0.1) is 6.92 Å². The van der Waals surface area contributed by atoms with Crippen molar-refractivity contribution in [1.29, 1.82) is 0 Å². The highest BCUT2D eigenvalue weighted by atomic mass is 35.5. The highest BCUT2D eigenvalue weighted by Gasteiger charge is 2.15. The minimum atomic E-state index is -1.33. The Kier molecular flexibility index (Phi) is 6.41. The van der Waals surface area contributed by atoms with Crippen molar-refractivity contribution in [1.82, 2.24) is 0 Å². The Balaban J connectivity index is 2.39. The molecule has 0 bridgehead atoms. The third kappa shape index (κ3) is 4.31. The van der Waals surface area contributed by atoms with E-state index in [0.29, 0.717) is 4.36 Å². The first kappa shape index (κ1) is 17.0. The lowest BCUT2D eigenvalue weighted by Gasteiger charge is -2.11. The molecule has 1 atom stereocenters. The molecule has 1 nitrogen and oxygen atoms in total. The fourth-order valence-electron chi connectivity index (χ4n) is 2.23. The van der Waals surface area contributed by atoms with E-state index < -0.39 is 10.8 Å². The predicted octanol–water partition coefficient (Wildman–Crippen LogP) is 5.90. The van der Waals surface area contributed by atoms with Gasteiger partial charge in [-0.1, -0.05) is 73.0 Å². The van der Waals surface area contributed by atoms with Crippen molar-refractivity contribution in [2.24, 2.45) is 0 Å². The zero-order valence-corrected chi connectivity index (χ0v) is 14.6. The number of rotatable bonds is 6. The summed E-state index contributed by atoms with van der Waals surface area (Å²) in [6.07, 6.45) is 2.96. The maximum Gasteiger partial charge on any atom is 0.113 e. The summed E-state index contributed by atoms with van der Waals surface area (Å²) in [6.45, 7) is 4.16. The van der Waals surface area contributed by atoms with Crippen LogP contribution in [0.1, 0.15) is 37.3 Å². The Hall–Kier alpha value is -1.38. The highest BCUT2D eigenvalue weighted by Crippen LogP contribution is 2.31. The molecule has 2 rings (SSSR count). The van der Waals surface area contributed by atoms with Gasteiger partial charge < -0.3 is 0 Å². The summed E-state index contributed by atoms with van der Waals surface area (Å²) in [6, 6.07) is 17.7. The molecule has 2 aromatic rings. The van der Waals surface area contributed by atoms with Crippen LogP contribution >= 0.6 is 11.6 Å². The van der Waals surface area contributed by atoms with Crippen molar-refractivity contribution in [3.63, 3.8) is 0 Å². The van der Waals surface area contributed by atoms with Crippen molar-refractivity contribution >= 4 is 28.0 Å². The molecule has 22 heavy (non-hydrogen) atoms. The Morgan fingerprint density at radius 1 is 1.05 bits per heavy atom. The highest BCUT2D eigenvalue weighted by molar-refractivity contribution is 7.91. The molecule has 0 aliphatic carbocycles. The topological polar surface area (TPSA) is 17.1 Å². The molecule has 0 radical (unpaired) electrons. The van der Waals surface area contributed by atoms with Gasteiger partial charge in [-0.15, -0.1) is 0 Å². The van der Waals surface area contributed by atoms with E-state index in [1.807, 2.05) is 61.5 Å². The smallest absolute Gasteiger partial charge is 0.113 e. The Labute approximate surface area is 140 Å². The molecule has 0 saturated carbocycles. The van der Waals surface area contributed by atoms with E-state index in [-0.39, 0.29) is 0 Å². The quantitative estimate of drug-likeness (QED) is 0.643. The van der Waals surface area contributed by atoms with Gasteiger partial charge >= 0.3 is 0 Å². The number of benzene rings is 2. The molecule has 0 aliphatic heterocycles. The predicted molar refractivity (Wildman–Crippen MR) is 96.3 cm³/mol. The summed E-state index contributed by atoms with van der Waals surface area (Å²) >= 11 is 6.52. The van der Waals surface area contributed by atoms with E-state index in [0.717, 1.165) is 40.9 Å². The van der Waals surface area contributed by atoms with Gasteiger partial charge in [0.2, 0.25) is 0 Å². The summed E-state index contributed by atoms with van der Waals surface area (Å²) in [5.74, 6) is 0. The van der Waals surface area contributed by atoms with E-state index in [1.54, 1.807) is 0 Å². The Morgan fingerprint density at radius 2 is 1.68 bits per heavy atom. The number of unbranched alkanes of at least 4 members (excludes halogenated alkanes) is 1. The fraction of sp³-hybridized carbons (Fsp3) is 0.263. The molecule has 0 aromatic heterocycles. The summed E-state index contributed by atoms with van der Waals surface area (Å²) in [5, 5.41) is 0. The molecule has 0 unspecified atom stereocenters. The molecule has 3 heteroatoms. The zero-order chi connectivity index (χ0) is 15.9. The van der Waals surface area contributed by atoms with Crippen LogP contribution in [0.4, 0.5) is 0 Å².